The zero-order valence-electron chi connectivity index (χ0n) is 11.8. The third kappa shape index (κ3) is 4.49. The zero-order chi connectivity index (χ0) is 13.7. The van der Waals surface area contributed by atoms with Crippen LogP contribution in [-0.4, -0.2) is 49.6 Å². The second-order valence-corrected chi connectivity index (χ2v) is 6.63. The molecule has 1 aliphatic heterocycles. The highest BCUT2D eigenvalue weighted by molar-refractivity contribution is 9.11. The van der Waals surface area contributed by atoms with Gasteiger partial charge >= 0.3 is 0 Å². The SMILES string of the molecule is C=C(Br)CNC(=NC)NC1CCN(C2CCCC2)C1. The van der Waals surface area contributed by atoms with Crippen LogP contribution in [-0.2, 0) is 0 Å². The number of guanidine groups is 1. The van der Waals surface area contributed by atoms with Crippen LogP contribution in [0.4, 0.5) is 0 Å². The van der Waals surface area contributed by atoms with Gasteiger partial charge in [0.25, 0.3) is 0 Å². The first-order chi connectivity index (χ1) is 9.19. The monoisotopic (exact) mass is 328 g/mol. The van der Waals surface area contributed by atoms with Crippen LogP contribution in [0, 0.1) is 0 Å². The summed E-state index contributed by atoms with van der Waals surface area (Å²) in [5, 5.41) is 6.76. The molecule has 1 saturated carbocycles. The van der Waals surface area contributed by atoms with E-state index >= 15 is 0 Å². The Morgan fingerprint density at radius 3 is 2.74 bits per heavy atom. The van der Waals surface area contributed by atoms with Crippen LogP contribution in [0.15, 0.2) is 16.1 Å². The van der Waals surface area contributed by atoms with Gasteiger partial charge in [-0.1, -0.05) is 35.4 Å². The molecular weight excluding hydrogens is 304 g/mol. The predicted molar refractivity (Wildman–Crippen MR) is 84.8 cm³/mol. The summed E-state index contributed by atoms with van der Waals surface area (Å²) in [5.41, 5.74) is 0. The van der Waals surface area contributed by atoms with Gasteiger partial charge in [-0.2, -0.15) is 0 Å². The van der Waals surface area contributed by atoms with Crippen molar-refractivity contribution in [3.05, 3.63) is 11.1 Å². The highest BCUT2D eigenvalue weighted by atomic mass is 79.9. The molecule has 2 N–H and O–H groups in total. The van der Waals surface area contributed by atoms with Gasteiger partial charge in [-0.25, -0.2) is 0 Å². The summed E-state index contributed by atoms with van der Waals surface area (Å²) in [6, 6.07) is 1.36. The molecule has 0 aromatic rings. The maximum Gasteiger partial charge on any atom is 0.191 e. The third-order valence-electron chi connectivity index (χ3n) is 4.07. The van der Waals surface area contributed by atoms with Gasteiger partial charge in [0.15, 0.2) is 5.96 Å². The van der Waals surface area contributed by atoms with E-state index in [-0.39, 0.29) is 0 Å². The first-order valence-electron chi connectivity index (χ1n) is 7.23. The van der Waals surface area contributed by atoms with E-state index in [4.69, 9.17) is 0 Å². The third-order valence-corrected chi connectivity index (χ3v) is 4.35. The number of nitrogens with zero attached hydrogens (tertiary/aromatic N) is 2. The first-order valence-corrected chi connectivity index (χ1v) is 8.03. The Morgan fingerprint density at radius 1 is 1.37 bits per heavy atom. The number of aliphatic imine (C=N–C) groups is 1. The largest absolute Gasteiger partial charge is 0.352 e. The van der Waals surface area contributed by atoms with Gasteiger partial charge in [-0.05, 0) is 19.3 Å². The van der Waals surface area contributed by atoms with E-state index in [9.17, 15) is 0 Å². The molecule has 2 fully saturated rings. The van der Waals surface area contributed by atoms with Crippen LogP contribution >= 0.6 is 15.9 Å². The standard InChI is InChI=1S/C14H25BrN4/c1-11(15)9-17-14(16-2)18-12-7-8-19(10-12)13-5-3-4-6-13/h12-13H,1,3-10H2,2H3,(H2,16,17,18). The molecule has 5 heteroatoms. The fourth-order valence-electron chi connectivity index (χ4n) is 3.07. The minimum Gasteiger partial charge on any atom is -0.352 e. The lowest BCUT2D eigenvalue weighted by Gasteiger charge is -2.24. The van der Waals surface area contributed by atoms with Crippen LogP contribution in [0.2, 0.25) is 0 Å². The maximum absolute atomic E-state index is 4.26. The molecule has 2 aliphatic rings. The molecule has 0 aromatic heterocycles. The molecule has 19 heavy (non-hydrogen) atoms. The summed E-state index contributed by atoms with van der Waals surface area (Å²) in [7, 11) is 1.82. The number of hydrogen-bond donors (Lipinski definition) is 2. The molecule has 0 bridgehead atoms. The maximum atomic E-state index is 4.26. The Morgan fingerprint density at radius 2 is 2.11 bits per heavy atom. The van der Waals surface area contributed by atoms with Crippen molar-refractivity contribution in [1.82, 2.24) is 15.5 Å². The van der Waals surface area contributed by atoms with E-state index < -0.39 is 0 Å². The lowest BCUT2D eigenvalue weighted by Crippen LogP contribution is -2.45. The lowest BCUT2D eigenvalue weighted by molar-refractivity contribution is 0.242. The number of nitrogens with one attached hydrogen (secondary N) is 2. The Bertz CT molecular complexity index is 336. The number of rotatable bonds is 4. The van der Waals surface area contributed by atoms with Crippen LogP contribution in [0.25, 0.3) is 0 Å². The van der Waals surface area contributed by atoms with Gasteiger partial charge in [0, 0.05) is 43.2 Å². The first kappa shape index (κ1) is 14.9. The Balaban J connectivity index is 1.75. The van der Waals surface area contributed by atoms with E-state index in [0.29, 0.717) is 12.6 Å². The summed E-state index contributed by atoms with van der Waals surface area (Å²) in [6.07, 6.45) is 6.82. The summed E-state index contributed by atoms with van der Waals surface area (Å²) >= 11 is 3.35. The topological polar surface area (TPSA) is 39.7 Å². The fraction of sp³-hybridized carbons (Fsp3) is 0.786. The van der Waals surface area contributed by atoms with Crippen LogP contribution in [0.1, 0.15) is 32.1 Å². The molecule has 0 aromatic carbocycles. The predicted octanol–water partition coefficient (Wildman–Crippen LogP) is 2.08. The van der Waals surface area contributed by atoms with Crippen molar-refractivity contribution in [3.63, 3.8) is 0 Å². The van der Waals surface area contributed by atoms with Crippen molar-refractivity contribution in [2.45, 2.75) is 44.2 Å². The second kappa shape index (κ2) is 7.29. The number of likely N-dealkylation sites (tertiary alicyclic amines) is 1. The van der Waals surface area contributed by atoms with Crippen molar-refractivity contribution < 1.29 is 0 Å². The van der Waals surface area contributed by atoms with Gasteiger partial charge in [-0.15, -0.1) is 0 Å². The molecular formula is C14H25BrN4. The smallest absolute Gasteiger partial charge is 0.191 e. The average Bonchev–Trinajstić information content (AvgIpc) is 3.04. The van der Waals surface area contributed by atoms with Crippen molar-refractivity contribution >= 4 is 21.9 Å². The van der Waals surface area contributed by atoms with Crippen molar-refractivity contribution in [3.8, 4) is 0 Å². The summed E-state index contributed by atoms with van der Waals surface area (Å²) < 4.78 is 0.939. The van der Waals surface area contributed by atoms with Crippen LogP contribution in [0.5, 0.6) is 0 Å². The zero-order valence-corrected chi connectivity index (χ0v) is 13.4. The molecule has 4 nitrogen and oxygen atoms in total. The fourth-order valence-corrected chi connectivity index (χ4v) is 3.21. The minimum atomic E-state index is 0.524. The number of halogens is 1. The highest BCUT2D eigenvalue weighted by Gasteiger charge is 2.30. The summed E-state index contributed by atoms with van der Waals surface area (Å²) in [4.78, 5) is 6.91. The molecule has 0 amide bonds. The molecule has 1 unspecified atom stereocenters. The molecule has 108 valence electrons. The van der Waals surface area contributed by atoms with Gasteiger partial charge in [-0.3, -0.25) is 9.89 Å². The van der Waals surface area contributed by atoms with Gasteiger partial charge in [0.2, 0.25) is 0 Å². The van der Waals surface area contributed by atoms with Crippen molar-refractivity contribution in [2.24, 2.45) is 4.99 Å². The summed E-state index contributed by atoms with van der Waals surface area (Å²) in [5.74, 6) is 0.874. The van der Waals surface area contributed by atoms with E-state index in [2.05, 4.69) is 43.0 Å². The van der Waals surface area contributed by atoms with Crippen molar-refractivity contribution in [2.75, 3.05) is 26.7 Å². The Labute approximate surface area is 124 Å². The lowest BCUT2D eigenvalue weighted by atomic mass is 10.2. The molecule has 1 atom stereocenters. The molecule has 2 rings (SSSR count). The minimum absolute atomic E-state index is 0.524. The van der Waals surface area contributed by atoms with Crippen LogP contribution in [0.3, 0.4) is 0 Å². The van der Waals surface area contributed by atoms with E-state index in [0.717, 1.165) is 23.0 Å². The van der Waals surface area contributed by atoms with E-state index in [1.54, 1.807) is 0 Å². The second-order valence-electron chi connectivity index (χ2n) is 5.51. The average molecular weight is 329 g/mol. The van der Waals surface area contributed by atoms with Gasteiger partial charge in [0.05, 0.1) is 0 Å². The molecule has 1 aliphatic carbocycles. The molecule has 0 radical (unpaired) electrons. The normalized spacial score (nSPS) is 25.8. The van der Waals surface area contributed by atoms with Gasteiger partial charge < -0.3 is 10.6 Å². The van der Waals surface area contributed by atoms with Crippen LogP contribution < -0.4 is 10.6 Å². The number of hydrogen-bond acceptors (Lipinski definition) is 2. The van der Waals surface area contributed by atoms with E-state index in [1.165, 1.54) is 38.6 Å². The molecule has 1 heterocycles. The Kier molecular flexibility index (Phi) is 5.70. The quantitative estimate of drug-likeness (QED) is 0.613. The Hall–Kier alpha value is -0.550. The van der Waals surface area contributed by atoms with E-state index in [1.807, 2.05) is 7.05 Å². The molecule has 0 spiro atoms. The summed E-state index contributed by atoms with van der Waals surface area (Å²) in [6.45, 7) is 6.91. The van der Waals surface area contributed by atoms with Gasteiger partial charge in [0.1, 0.15) is 0 Å². The highest BCUT2D eigenvalue weighted by Crippen LogP contribution is 2.26. The molecule has 1 saturated heterocycles. The van der Waals surface area contributed by atoms with Crippen molar-refractivity contribution in [1.29, 1.82) is 0 Å².